The van der Waals surface area contributed by atoms with E-state index in [-0.39, 0.29) is 17.7 Å². The van der Waals surface area contributed by atoms with Crippen LogP contribution in [0.3, 0.4) is 0 Å². The van der Waals surface area contributed by atoms with E-state index in [0.717, 1.165) is 24.5 Å². The number of rotatable bonds is 4. The van der Waals surface area contributed by atoms with Gasteiger partial charge in [0.05, 0.1) is 12.5 Å². The van der Waals surface area contributed by atoms with E-state index in [1.807, 2.05) is 36.1 Å². The first kappa shape index (κ1) is 17.8. The minimum Gasteiger partial charge on any atom is -0.494 e. The number of benzene rings is 1. The molecule has 0 saturated carbocycles. The number of carbonyl (C=O) groups excluding carboxylic acids is 2. The molecule has 5 nitrogen and oxygen atoms in total. The van der Waals surface area contributed by atoms with E-state index in [0.29, 0.717) is 31.4 Å². The Morgan fingerprint density at radius 2 is 1.76 bits per heavy atom. The van der Waals surface area contributed by atoms with Gasteiger partial charge in [0.2, 0.25) is 11.8 Å². The molecule has 5 heteroatoms. The largest absolute Gasteiger partial charge is 0.494 e. The summed E-state index contributed by atoms with van der Waals surface area (Å²) in [6.45, 7) is 9.06. The summed E-state index contributed by atoms with van der Waals surface area (Å²) < 4.78 is 5.44. The molecular weight excluding hydrogens is 316 g/mol. The van der Waals surface area contributed by atoms with Gasteiger partial charge in [-0.15, -0.1) is 0 Å². The lowest BCUT2D eigenvalue weighted by atomic mass is 9.91. The second kappa shape index (κ2) is 7.46. The minimum atomic E-state index is -0.225. The average Bonchev–Trinajstić information content (AvgIpc) is 2.96. The highest BCUT2D eigenvalue weighted by Crippen LogP contribution is 2.29. The van der Waals surface area contributed by atoms with Crippen LogP contribution in [0.1, 0.15) is 33.6 Å². The predicted octanol–water partition coefficient (Wildman–Crippen LogP) is 2.94. The first-order valence-corrected chi connectivity index (χ1v) is 9.30. The Bertz CT molecular complexity index is 618. The summed E-state index contributed by atoms with van der Waals surface area (Å²) in [7, 11) is 0. The number of piperidine rings is 1. The third kappa shape index (κ3) is 3.97. The van der Waals surface area contributed by atoms with Crippen molar-refractivity contribution in [1.82, 2.24) is 4.90 Å². The third-order valence-corrected chi connectivity index (χ3v) is 5.11. The molecule has 2 fully saturated rings. The Hall–Kier alpha value is -2.04. The van der Waals surface area contributed by atoms with Crippen molar-refractivity contribution in [3.8, 4) is 5.75 Å². The highest BCUT2D eigenvalue weighted by Gasteiger charge is 2.38. The zero-order valence-electron chi connectivity index (χ0n) is 15.4. The molecule has 0 spiro atoms. The van der Waals surface area contributed by atoms with Gasteiger partial charge in [-0.2, -0.15) is 0 Å². The Labute approximate surface area is 149 Å². The molecule has 2 aliphatic rings. The summed E-state index contributed by atoms with van der Waals surface area (Å²) in [6.07, 6.45) is 1.48. The first-order valence-electron chi connectivity index (χ1n) is 9.30. The van der Waals surface area contributed by atoms with Gasteiger partial charge < -0.3 is 14.5 Å². The highest BCUT2D eigenvalue weighted by atomic mass is 16.5. The van der Waals surface area contributed by atoms with E-state index in [9.17, 15) is 9.59 Å². The summed E-state index contributed by atoms with van der Waals surface area (Å²) in [5, 5.41) is 0. The summed E-state index contributed by atoms with van der Waals surface area (Å²) >= 11 is 0. The molecule has 3 atom stereocenters. The highest BCUT2D eigenvalue weighted by molar-refractivity contribution is 6.00. The minimum absolute atomic E-state index is 0.0283. The monoisotopic (exact) mass is 344 g/mol. The fraction of sp³-hybridized carbons (Fsp3) is 0.600. The van der Waals surface area contributed by atoms with E-state index in [1.54, 1.807) is 4.90 Å². The molecule has 1 aromatic rings. The molecule has 0 aliphatic carbocycles. The zero-order chi connectivity index (χ0) is 18.0. The van der Waals surface area contributed by atoms with Crippen molar-refractivity contribution in [3.63, 3.8) is 0 Å². The van der Waals surface area contributed by atoms with E-state index >= 15 is 0 Å². The molecule has 25 heavy (non-hydrogen) atoms. The number of ether oxygens (including phenoxy) is 1. The Morgan fingerprint density at radius 3 is 2.36 bits per heavy atom. The van der Waals surface area contributed by atoms with E-state index in [2.05, 4.69) is 13.8 Å². The van der Waals surface area contributed by atoms with Crippen LogP contribution in [-0.2, 0) is 9.59 Å². The molecule has 0 radical (unpaired) electrons. The first-order chi connectivity index (χ1) is 12.0. The van der Waals surface area contributed by atoms with E-state index < -0.39 is 0 Å². The van der Waals surface area contributed by atoms with Crippen LogP contribution in [0.15, 0.2) is 24.3 Å². The number of carbonyl (C=O) groups is 2. The molecular formula is C20H28N2O3. The number of nitrogens with zero attached hydrogens (tertiary/aromatic N) is 2. The van der Waals surface area contributed by atoms with Crippen LogP contribution in [0.2, 0.25) is 0 Å². The average molecular weight is 344 g/mol. The SMILES string of the molecule is CCOc1ccc(N2C[C@@H](C(=O)N3C[C@H](C)C[C@H](C)C3)CC2=O)cc1. The van der Waals surface area contributed by atoms with Gasteiger partial charge in [-0.05, 0) is 49.4 Å². The maximum atomic E-state index is 12.9. The third-order valence-electron chi connectivity index (χ3n) is 5.11. The summed E-state index contributed by atoms with van der Waals surface area (Å²) in [5.41, 5.74) is 0.837. The van der Waals surface area contributed by atoms with Gasteiger partial charge in [0.15, 0.2) is 0 Å². The number of amides is 2. The van der Waals surface area contributed by atoms with Crippen LogP contribution in [0, 0.1) is 17.8 Å². The van der Waals surface area contributed by atoms with Gasteiger partial charge in [0.25, 0.3) is 0 Å². The number of hydrogen-bond acceptors (Lipinski definition) is 3. The number of anilines is 1. The molecule has 3 rings (SSSR count). The fourth-order valence-corrected chi connectivity index (χ4v) is 4.11. The molecule has 0 N–H and O–H groups in total. The lowest BCUT2D eigenvalue weighted by Gasteiger charge is -2.36. The Morgan fingerprint density at radius 1 is 1.12 bits per heavy atom. The quantitative estimate of drug-likeness (QED) is 0.844. The van der Waals surface area contributed by atoms with Crippen molar-refractivity contribution in [3.05, 3.63) is 24.3 Å². The molecule has 0 unspecified atom stereocenters. The van der Waals surface area contributed by atoms with Gasteiger partial charge >= 0.3 is 0 Å². The van der Waals surface area contributed by atoms with E-state index in [4.69, 9.17) is 4.74 Å². The van der Waals surface area contributed by atoms with Gasteiger partial charge in [-0.1, -0.05) is 13.8 Å². The van der Waals surface area contributed by atoms with Crippen molar-refractivity contribution < 1.29 is 14.3 Å². The Kier molecular flexibility index (Phi) is 5.30. The molecule has 2 amide bonds. The van der Waals surface area contributed by atoms with Crippen LogP contribution < -0.4 is 9.64 Å². The second-order valence-corrected chi connectivity index (χ2v) is 7.52. The predicted molar refractivity (Wildman–Crippen MR) is 97.6 cm³/mol. The van der Waals surface area contributed by atoms with Crippen LogP contribution in [0.4, 0.5) is 5.69 Å². The summed E-state index contributed by atoms with van der Waals surface area (Å²) in [4.78, 5) is 29.0. The van der Waals surface area contributed by atoms with Crippen molar-refractivity contribution >= 4 is 17.5 Å². The number of hydrogen-bond donors (Lipinski definition) is 0. The van der Waals surface area contributed by atoms with Gasteiger partial charge in [-0.3, -0.25) is 9.59 Å². The molecule has 0 aromatic heterocycles. The van der Waals surface area contributed by atoms with E-state index in [1.165, 1.54) is 6.42 Å². The van der Waals surface area contributed by atoms with Crippen molar-refractivity contribution in [2.75, 3.05) is 31.1 Å². The van der Waals surface area contributed by atoms with Crippen LogP contribution >= 0.6 is 0 Å². The second-order valence-electron chi connectivity index (χ2n) is 7.52. The topological polar surface area (TPSA) is 49.9 Å². The molecule has 136 valence electrons. The van der Waals surface area contributed by atoms with Crippen molar-refractivity contribution in [2.24, 2.45) is 17.8 Å². The van der Waals surface area contributed by atoms with Gasteiger partial charge in [0, 0.05) is 31.7 Å². The lowest BCUT2D eigenvalue weighted by molar-refractivity contribution is -0.138. The smallest absolute Gasteiger partial charge is 0.228 e. The maximum Gasteiger partial charge on any atom is 0.228 e. The van der Waals surface area contributed by atoms with Crippen LogP contribution in [0.5, 0.6) is 5.75 Å². The van der Waals surface area contributed by atoms with Gasteiger partial charge in [-0.25, -0.2) is 0 Å². The molecule has 2 heterocycles. The Balaban J connectivity index is 1.66. The molecule has 0 bridgehead atoms. The lowest BCUT2D eigenvalue weighted by Crippen LogP contribution is -2.45. The van der Waals surface area contributed by atoms with Crippen molar-refractivity contribution in [2.45, 2.75) is 33.6 Å². The zero-order valence-corrected chi connectivity index (χ0v) is 15.4. The molecule has 1 aromatic carbocycles. The maximum absolute atomic E-state index is 12.9. The summed E-state index contributed by atoms with van der Waals surface area (Å²) in [6, 6.07) is 7.52. The van der Waals surface area contributed by atoms with Gasteiger partial charge in [0.1, 0.15) is 5.75 Å². The normalized spacial score (nSPS) is 26.8. The number of likely N-dealkylation sites (tertiary alicyclic amines) is 1. The van der Waals surface area contributed by atoms with Crippen molar-refractivity contribution in [1.29, 1.82) is 0 Å². The standard InChI is InChI=1S/C20H28N2O3/c1-4-25-18-7-5-17(6-8-18)22-13-16(10-19(22)23)20(24)21-11-14(2)9-15(3)12-21/h5-8,14-16H,4,9-13H2,1-3H3/t14-,15+,16-/m0/s1. The molecule has 2 aliphatic heterocycles. The summed E-state index contributed by atoms with van der Waals surface area (Å²) in [5.74, 6) is 1.80. The van der Waals surface area contributed by atoms with Crippen LogP contribution in [0.25, 0.3) is 0 Å². The van der Waals surface area contributed by atoms with Crippen LogP contribution in [-0.4, -0.2) is 43.0 Å². The fourth-order valence-electron chi connectivity index (χ4n) is 4.11. The molecule has 2 saturated heterocycles.